The number of hydrogen-bond acceptors (Lipinski definition) is 2. The highest BCUT2D eigenvalue weighted by Crippen LogP contribution is 2.44. The van der Waals surface area contributed by atoms with E-state index in [0.717, 1.165) is 18.5 Å². The number of hydrogen-bond donors (Lipinski definition) is 1. The fourth-order valence-electron chi connectivity index (χ4n) is 3.19. The summed E-state index contributed by atoms with van der Waals surface area (Å²) in [6.07, 6.45) is 6.13. The predicted octanol–water partition coefficient (Wildman–Crippen LogP) is 3.63. The molecule has 1 N–H and O–H groups in total. The van der Waals surface area contributed by atoms with Gasteiger partial charge in [0.15, 0.2) is 0 Å². The Labute approximate surface area is 143 Å². The van der Waals surface area contributed by atoms with Gasteiger partial charge in [0, 0.05) is 29.6 Å². The maximum Gasteiger partial charge on any atom is 0.251 e. The van der Waals surface area contributed by atoms with Crippen molar-refractivity contribution in [2.24, 2.45) is 0 Å². The van der Waals surface area contributed by atoms with Crippen LogP contribution in [0.25, 0.3) is 0 Å². The summed E-state index contributed by atoms with van der Waals surface area (Å²) in [6, 6.07) is 10.2. The Balaban J connectivity index is 1.35. The van der Waals surface area contributed by atoms with Crippen LogP contribution < -0.4 is 5.32 Å². The Kier molecular flexibility index (Phi) is 4.13. The fraction of sp³-hybridized carbons (Fsp3) is 0.500. The molecule has 4 heteroatoms. The van der Waals surface area contributed by atoms with Gasteiger partial charge in [-0.2, -0.15) is 5.10 Å². The number of aromatic nitrogens is 2. The second-order valence-electron chi connectivity index (χ2n) is 7.07. The molecule has 0 saturated heterocycles. The molecule has 0 unspecified atom stereocenters. The Morgan fingerprint density at radius 1 is 1.17 bits per heavy atom. The van der Waals surface area contributed by atoms with E-state index in [9.17, 15) is 4.79 Å². The number of carbonyl (C=O) groups is 1. The summed E-state index contributed by atoms with van der Waals surface area (Å²) in [5, 5.41) is 7.82. The Bertz CT molecular complexity index is 724. The van der Waals surface area contributed by atoms with Crippen molar-refractivity contribution >= 4 is 5.91 Å². The third kappa shape index (κ3) is 3.37. The smallest absolute Gasteiger partial charge is 0.251 e. The molecule has 4 nitrogen and oxygen atoms in total. The summed E-state index contributed by atoms with van der Waals surface area (Å²) in [7, 11) is 0. The monoisotopic (exact) mass is 323 g/mol. The Morgan fingerprint density at radius 3 is 2.50 bits per heavy atom. The van der Waals surface area contributed by atoms with E-state index in [1.54, 1.807) is 0 Å². The second kappa shape index (κ2) is 6.42. The van der Waals surface area contributed by atoms with Crippen LogP contribution in [-0.2, 0) is 13.0 Å². The SMILES string of the molecule is CCc1ccc(C(=O)NCCn2nc(C3CC3)cc2C2CC2)cc1. The lowest BCUT2D eigenvalue weighted by Gasteiger charge is -2.09. The molecule has 2 aliphatic rings. The van der Waals surface area contributed by atoms with Gasteiger partial charge in [-0.1, -0.05) is 19.1 Å². The standard InChI is InChI=1S/C20H25N3O/c1-2-14-3-5-17(6-4-14)20(24)21-11-12-23-19(16-9-10-16)13-18(22-23)15-7-8-15/h3-6,13,15-16H,2,7-12H2,1H3,(H,21,24). The molecule has 2 aliphatic carbocycles. The first kappa shape index (κ1) is 15.4. The van der Waals surface area contributed by atoms with Crippen LogP contribution in [-0.4, -0.2) is 22.2 Å². The van der Waals surface area contributed by atoms with Crippen LogP contribution in [0.1, 0.15) is 71.8 Å². The van der Waals surface area contributed by atoms with E-state index in [4.69, 9.17) is 5.10 Å². The van der Waals surface area contributed by atoms with Crippen LogP contribution in [0.2, 0.25) is 0 Å². The summed E-state index contributed by atoms with van der Waals surface area (Å²) < 4.78 is 2.13. The maximum absolute atomic E-state index is 12.2. The number of aryl methyl sites for hydroxylation is 1. The summed E-state index contributed by atoms with van der Waals surface area (Å²) in [5.74, 6) is 1.39. The van der Waals surface area contributed by atoms with E-state index in [1.165, 1.54) is 42.6 Å². The van der Waals surface area contributed by atoms with Gasteiger partial charge in [0.05, 0.1) is 12.2 Å². The number of nitrogens with zero attached hydrogens (tertiary/aromatic N) is 2. The van der Waals surface area contributed by atoms with Crippen molar-refractivity contribution < 1.29 is 4.79 Å². The van der Waals surface area contributed by atoms with E-state index >= 15 is 0 Å². The normalized spacial score (nSPS) is 17.0. The molecule has 0 aliphatic heterocycles. The van der Waals surface area contributed by atoms with Crippen LogP contribution in [0.15, 0.2) is 30.3 Å². The topological polar surface area (TPSA) is 46.9 Å². The van der Waals surface area contributed by atoms with E-state index in [0.29, 0.717) is 18.4 Å². The molecule has 1 amide bonds. The van der Waals surface area contributed by atoms with Gasteiger partial charge in [-0.3, -0.25) is 9.48 Å². The minimum absolute atomic E-state index is 0.000183. The van der Waals surface area contributed by atoms with Crippen molar-refractivity contribution in [1.82, 2.24) is 15.1 Å². The first-order chi connectivity index (χ1) is 11.7. The van der Waals surface area contributed by atoms with Crippen molar-refractivity contribution in [3.05, 3.63) is 52.8 Å². The third-order valence-electron chi connectivity index (χ3n) is 5.05. The molecule has 1 heterocycles. The number of amides is 1. The van der Waals surface area contributed by atoms with Crippen LogP contribution in [0.5, 0.6) is 0 Å². The lowest BCUT2D eigenvalue weighted by atomic mass is 10.1. The summed E-state index contributed by atoms with van der Waals surface area (Å²) in [5.41, 5.74) is 4.62. The third-order valence-corrected chi connectivity index (χ3v) is 5.05. The molecule has 1 aromatic heterocycles. The number of rotatable bonds is 7. The van der Waals surface area contributed by atoms with E-state index in [-0.39, 0.29) is 5.91 Å². The molecule has 0 radical (unpaired) electrons. The lowest BCUT2D eigenvalue weighted by molar-refractivity contribution is 0.0952. The Morgan fingerprint density at radius 2 is 1.88 bits per heavy atom. The molecular formula is C20H25N3O. The number of carbonyl (C=O) groups excluding carboxylic acids is 1. The molecule has 4 rings (SSSR count). The van der Waals surface area contributed by atoms with Crippen LogP contribution in [0, 0.1) is 0 Å². The van der Waals surface area contributed by atoms with Crippen LogP contribution in [0.4, 0.5) is 0 Å². The second-order valence-corrected chi connectivity index (χ2v) is 7.07. The minimum atomic E-state index is 0.000183. The summed E-state index contributed by atoms with van der Waals surface area (Å²) in [4.78, 5) is 12.2. The number of nitrogens with one attached hydrogen (secondary N) is 1. The molecule has 126 valence electrons. The summed E-state index contributed by atoms with van der Waals surface area (Å²) in [6.45, 7) is 3.50. The average molecular weight is 323 g/mol. The first-order valence-electron chi connectivity index (χ1n) is 9.19. The quantitative estimate of drug-likeness (QED) is 0.846. The highest BCUT2D eigenvalue weighted by molar-refractivity contribution is 5.94. The molecule has 0 bridgehead atoms. The zero-order valence-corrected chi connectivity index (χ0v) is 14.3. The summed E-state index contributed by atoms with van der Waals surface area (Å²) >= 11 is 0. The zero-order chi connectivity index (χ0) is 16.5. The largest absolute Gasteiger partial charge is 0.350 e. The van der Waals surface area contributed by atoms with Gasteiger partial charge in [0.2, 0.25) is 0 Å². The molecule has 0 spiro atoms. The molecular weight excluding hydrogens is 298 g/mol. The van der Waals surface area contributed by atoms with Crippen molar-refractivity contribution in [1.29, 1.82) is 0 Å². The molecule has 2 fully saturated rings. The van der Waals surface area contributed by atoms with Crippen LogP contribution in [0.3, 0.4) is 0 Å². The van der Waals surface area contributed by atoms with Gasteiger partial charge in [-0.15, -0.1) is 0 Å². The predicted molar refractivity (Wildman–Crippen MR) is 94.3 cm³/mol. The lowest BCUT2D eigenvalue weighted by Crippen LogP contribution is -2.28. The van der Waals surface area contributed by atoms with Gasteiger partial charge in [-0.25, -0.2) is 0 Å². The van der Waals surface area contributed by atoms with Crippen molar-refractivity contribution in [3.8, 4) is 0 Å². The maximum atomic E-state index is 12.2. The van der Waals surface area contributed by atoms with Crippen molar-refractivity contribution in [2.75, 3.05) is 6.54 Å². The fourth-order valence-corrected chi connectivity index (χ4v) is 3.19. The molecule has 24 heavy (non-hydrogen) atoms. The first-order valence-corrected chi connectivity index (χ1v) is 9.19. The molecule has 2 saturated carbocycles. The van der Waals surface area contributed by atoms with Crippen molar-refractivity contribution in [3.63, 3.8) is 0 Å². The van der Waals surface area contributed by atoms with E-state index < -0.39 is 0 Å². The van der Waals surface area contributed by atoms with Crippen LogP contribution >= 0.6 is 0 Å². The van der Waals surface area contributed by atoms with Gasteiger partial charge < -0.3 is 5.32 Å². The average Bonchev–Trinajstić information content (AvgIpc) is 3.53. The van der Waals surface area contributed by atoms with Gasteiger partial charge in [0.25, 0.3) is 5.91 Å². The van der Waals surface area contributed by atoms with Gasteiger partial charge in [0.1, 0.15) is 0 Å². The van der Waals surface area contributed by atoms with Crippen molar-refractivity contribution in [2.45, 2.75) is 57.4 Å². The number of benzene rings is 1. The van der Waals surface area contributed by atoms with E-state index in [2.05, 4.69) is 23.0 Å². The molecule has 1 aromatic carbocycles. The Hall–Kier alpha value is -2.10. The molecule has 2 aromatic rings. The highest BCUT2D eigenvalue weighted by atomic mass is 16.1. The minimum Gasteiger partial charge on any atom is -0.350 e. The van der Waals surface area contributed by atoms with Gasteiger partial charge in [-0.05, 0) is 55.9 Å². The highest BCUT2D eigenvalue weighted by Gasteiger charge is 2.32. The molecule has 0 atom stereocenters. The van der Waals surface area contributed by atoms with Gasteiger partial charge >= 0.3 is 0 Å². The van der Waals surface area contributed by atoms with E-state index in [1.807, 2.05) is 24.3 Å². The zero-order valence-electron chi connectivity index (χ0n) is 14.3.